The van der Waals surface area contributed by atoms with Crippen molar-refractivity contribution in [3.05, 3.63) is 81.9 Å². The normalized spacial score (nSPS) is 10.9. The van der Waals surface area contributed by atoms with Crippen molar-refractivity contribution in [1.29, 1.82) is 0 Å². The van der Waals surface area contributed by atoms with Crippen LogP contribution in [0.2, 0.25) is 0 Å². The van der Waals surface area contributed by atoms with Crippen LogP contribution in [0.15, 0.2) is 54.9 Å². The Morgan fingerprint density at radius 2 is 1.86 bits per heavy atom. The Kier molecular flexibility index (Phi) is 4.15. The van der Waals surface area contributed by atoms with E-state index >= 15 is 0 Å². The van der Waals surface area contributed by atoms with E-state index in [9.17, 15) is 29.5 Å². The van der Waals surface area contributed by atoms with Crippen LogP contribution in [-0.2, 0) is 0 Å². The highest BCUT2D eigenvalue weighted by Crippen LogP contribution is 2.37. The van der Waals surface area contributed by atoms with Crippen LogP contribution in [0.4, 0.5) is 10.1 Å². The van der Waals surface area contributed by atoms with Crippen LogP contribution in [0.3, 0.4) is 0 Å². The molecule has 2 aromatic heterocycles. The third kappa shape index (κ3) is 3.12. The zero-order valence-electron chi connectivity index (χ0n) is 14.5. The van der Waals surface area contributed by atoms with E-state index in [1.165, 1.54) is 29.0 Å². The molecule has 0 aliphatic heterocycles. The molecule has 4 rings (SSSR count). The standard InChI is InChI=1S/C19H11FN4O5/c20-12-3-1-10(2-4-12)13-7-16-21-8-11(9-23(16)22-13)18(26)17-15(25)6-5-14(19(17)27)24(28)29/h1-9,25,27H. The number of hydrogen-bond acceptors (Lipinski definition) is 7. The predicted octanol–water partition coefficient (Wildman–Crippen LogP) is 3.09. The first kappa shape index (κ1) is 18.0. The second kappa shape index (κ2) is 6.68. The van der Waals surface area contributed by atoms with Gasteiger partial charge in [-0.1, -0.05) is 0 Å². The lowest BCUT2D eigenvalue weighted by molar-refractivity contribution is -0.385. The van der Waals surface area contributed by atoms with Gasteiger partial charge in [0.2, 0.25) is 11.5 Å². The van der Waals surface area contributed by atoms with Gasteiger partial charge in [0.25, 0.3) is 0 Å². The monoisotopic (exact) mass is 394 g/mol. The highest BCUT2D eigenvalue weighted by molar-refractivity contribution is 6.12. The maximum atomic E-state index is 13.1. The number of aromatic hydroxyl groups is 2. The third-order valence-corrected chi connectivity index (χ3v) is 4.27. The number of nitro groups is 1. The van der Waals surface area contributed by atoms with Crippen molar-refractivity contribution in [1.82, 2.24) is 14.6 Å². The summed E-state index contributed by atoms with van der Waals surface area (Å²) in [5, 5.41) is 35.3. The van der Waals surface area contributed by atoms with Crippen molar-refractivity contribution in [3.8, 4) is 22.8 Å². The summed E-state index contributed by atoms with van der Waals surface area (Å²) >= 11 is 0. The fourth-order valence-corrected chi connectivity index (χ4v) is 2.84. The number of carbonyl (C=O) groups excluding carboxylic acids is 1. The summed E-state index contributed by atoms with van der Waals surface area (Å²) in [5.74, 6) is -2.80. The number of aromatic nitrogens is 3. The number of benzene rings is 2. The number of carbonyl (C=O) groups is 1. The molecule has 2 N–H and O–H groups in total. The van der Waals surface area contributed by atoms with Crippen LogP contribution in [0, 0.1) is 15.9 Å². The number of halogens is 1. The molecule has 0 fully saturated rings. The van der Waals surface area contributed by atoms with Crippen LogP contribution in [0.1, 0.15) is 15.9 Å². The van der Waals surface area contributed by atoms with Gasteiger partial charge in [0.15, 0.2) is 5.65 Å². The van der Waals surface area contributed by atoms with E-state index in [-0.39, 0.29) is 11.4 Å². The van der Waals surface area contributed by atoms with Gasteiger partial charge >= 0.3 is 5.69 Å². The summed E-state index contributed by atoms with van der Waals surface area (Å²) < 4.78 is 14.4. The molecular weight excluding hydrogens is 383 g/mol. The number of rotatable bonds is 4. The lowest BCUT2D eigenvalue weighted by Crippen LogP contribution is -2.06. The minimum Gasteiger partial charge on any atom is -0.507 e. The van der Waals surface area contributed by atoms with Crippen molar-refractivity contribution in [3.63, 3.8) is 0 Å². The van der Waals surface area contributed by atoms with Gasteiger partial charge < -0.3 is 10.2 Å². The smallest absolute Gasteiger partial charge is 0.311 e. The first-order valence-corrected chi connectivity index (χ1v) is 8.20. The van der Waals surface area contributed by atoms with Crippen LogP contribution in [0.25, 0.3) is 16.9 Å². The number of ketones is 1. The number of nitro benzene ring substituents is 1. The van der Waals surface area contributed by atoms with Gasteiger partial charge in [-0.3, -0.25) is 14.9 Å². The van der Waals surface area contributed by atoms with Crippen LogP contribution in [-0.4, -0.2) is 35.5 Å². The highest BCUT2D eigenvalue weighted by atomic mass is 19.1. The summed E-state index contributed by atoms with van der Waals surface area (Å²) in [6.07, 6.45) is 2.51. The van der Waals surface area contributed by atoms with Crippen molar-refractivity contribution in [2.45, 2.75) is 0 Å². The third-order valence-electron chi connectivity index (χ3n) is 4.27. The lowest BCUT2D eigenvalue weighted by atomic mass is 10.0. The first-order valence-electron chi connectivity index (χ1n) is 8.20. The molecule has 0 aliphatic rings. The zero-order chi connectivity index (χ0) is 20.7. The Morgan fingerprint density at radius 1 is 1.14 bits per heavy atom. The number of hydrogen-bond donors (Lipinski definition) is 2. The molecule has 0 radical (unpaired) electrons. The van der Waals surface area contributed by atoms with E-state index in [2.05, 4.69) is 10.1 Å². The Labute approximate surface area is 161 Å². The summed E-state index contributed by atoms with van der Waals surface area (Å²) in [5.41, 5.74) is 0.150. The van der Waals surface area contributed by atoms with Crippen molar-refractivity contribution < 1.29 is 24.3 Å². The molecule has 144 valence electrons. The number of nitrogens with zero attached hydrogens (tertiary/aromatic N) is 4. The summed E-state index contributed by atoms with van der Waals surface area (Å²) in [6, 6.07) is 9.14. The predicted molar refractivity (Wildman–Crippen MR) is 98.2 cm³/mol. The highest BCUT2D eigenvalue weighted by Gasteiger charge is 2.26. The molecule has 2 aromatic carbocycles. The molecule has 4 aromatic rings. The van der Waals surface area contributed by atoms with Crippen LogP contribution in [0.5, 0.6) is 11.5 Å². The Bertz CT molecular complexity index is 1280. The average molecular weight is 394 g/mol. The van der Waals surface area contributed by atoms with Crippen LogP contribution < -0.4 is 0 Å². The molecule has 0 bridgehead atoms. The maximum absolute atomic E-state index is 13.1. The van der Waals surface area contributed by atoms with Crippen molar-refractivity contribution >= 4 is 17.1 Å². The van der Waals surface area contributed by atoms with Crippen molar-refractivity contribution in [2.75, 3.05) is 0 Å². The molecule has 0 aliphatic carbocycles. The summed E-state index contributed by atoms with van der Waals surface area (Å²) in [4.78, 5) is 27.0. The Morgan fingerprint density at radius 3 is 2.55 bits per heavy atom. The van der Waals surface area contributed by atoms with E-state index in [1.54, 1.807) is 18.2 Å². The van der Waals surface area contributed by atoms with E-state index in [4.69, 9.17) is 0 Å². The molecule has 0 amide bonds. The summed E-state index contributed by atoms with van der Waals surface area (Å²) in [6.45, 7) is 0. The van der Waals surface area contributed by atoms with Gasteiger partial charge in [0.05, 0.1) is 16.2 Å². The Balaban J connectivity index is 1.77. The number of phenols is 2. The zero-order valence-corrected chi connectivity index (χ0v) is 14.5. The molecule has 2 heterocycles. The molecule has 0 spiro atoms. The SMILES string of the molecule is O=C(c1cnc2cc(-c3ccc(F)cc3)nn2c1)c1c(O)ccc([N+](=O)[O-])c1O. The average Bonchev–Trinajstić information content (AvgIpc) is 3.11. The molecule has 0 atom stereocenters. The van der Waals surface area contributed by atoms with Gasteiger partial charge in [0, 0.05) is 30.1 Å². The van der Waals surface area contributed by atoms with Gasteiger partial charge in [-0.05, 0) is 30.3 Å². The topological polar surface area (TPSA) is 131 Å². The number of fused-ring (bicyclic) bond motifs is 1. The van der Waals surface area contributed by atoms with Crippen LogP contribution >= 0.6 is 0 Å². The van der Waals surface area contributed by atoms with E-state index in [1.807, 2.05) is 0 Å². The molecule has 29 heavy (non-hydrogen) atoms. The van der Waals surface area contributed by atoms with Gasteiger partial charge in [-0.2, -0.15) is 5.10 Å². The van der Waals surface area contributed by atoms with Crippen molar-refractivity contribution in [2.24, 2.45) is 0 Å². The quantitative estimate of drug-likeness (QED) is 0.309. The Hall–Kier alpha value is -4.34. The molecule has 0 saturated heterocycles. The fraction of sp³-hybridized carbons (Fsp3) is 0. The molecule has 9 nitrogen and oxygen atoms in total. The summed E-state index contributed by atoms with van der Waals surface area (Å²) in [7, 11) is 0. The van der Waals surface area contributed by atoms with E-state index in [0.717, 1.165) is 12.1 Å². The minimum absolute atomic E-state index is 0.0580. The molecule has 0 unspecified atom stereocenters. The molecule has 0 saturated carbocycles. The molecule has 10 heteroatoms. The minimum atomic E-state index is -0.937. The number of phenolic OH excluding ortho intramolecular Hbond substituents is 2. The second-order valence-corrected chi connectivity index (χ2v) is 6.10. The lowest BCUT2D eigenvalue weighted by Gasteiger charge is -2.07. The van der Waals surface area contributed by atoms with E-state index in [0.29, 0.717) is 16.9 Å². The maximum Gasteiger partial charge on any atom is 0.311 e. The first-order chi connectivity index (χ1) is 13.8. The molecular formula is C19H11FN4O5. The van der Waals surface area contributed by atoms with Gasteiger partial charge in [-0.15, -0.1) is 0 Å². The second-order valence-electron chi connectivity index (χ2n) is 6.10. The fourth-order valence-electron chi connectivity index (χ4n) is 2.84. The van der Waals surface area contributed by atoms with Gasteiger partial charge in [-0.25, -0.2) is 13.9 Å². The van der Waals surface area contributed by atoms with Gasteiger partial charge in [0.1, 0.15) is 17.1 Å². The largest absolute Gasteiger partial charge is 0.507 e. The van der Waals surface area contributed by atoms with E-state index < -0.39 is 33.5 Å².